The summed E-state index contributed by atoms with van der Waals surface area (Å²) in [5, 5.41) is 20.1. The van der Waals surface area contributed by atoms with Crippen LogP contribution in [0.3, 0.4) is 0 Å². The monoisotopic (exact) mass is 275 g/mol. The van der Waals surface area contributed by atoms with E-state index < -0.39 is 0 Å². The topological polar surface area (TPSA) is 86.3 Å². The summed E-state index contributed by atoms with van der Waals surface area (Å²) in [5.74, 6) is 0.430. The van der Waals surface area contributed by atoms with Crippen LogP contribution >= 0.6 is 0 Å². The van der Waals surface area contributed by atoms with Gasteiger partial charge in [0.25, 0.3) is 0 Å². The molecule has 1 aliphatic heterocycles. The van der Waals surface area contributed by atoms with E-state index in [2.05, 4.69) is 16.0 Å². The molecular formula is C13H17N5O2. The molecule has 20 heavy (non-hydrogen) atoms. The van der Waals surface area contributed by atoms with Crippen LogP contribution in [0.2, 0.25) is 0 Å². The highest BCUT2D eigenvalue weighted by atomic mass is 16.6. The van der Waals surface area contributed by atoms with Crippen LogP contribution in [0.1, 0.15) is 12.5 Å². The zero-order valence-corrected chi connectivity index (χ0v) is 11.6. The summed E-state index contributed by atoms with van der Waals surface area (Å²) in [6.45, 7) is 6.29. The van der Waals surface area contributed by atoms with Crippen molar-refractivity contribution >= 4 is 11.5 Å². The van der Waals surface area contributed by atoms with E-state index in [-0.39, 0.29) is 16.7 Å². The van der Waals surface area contributed by atoms with Crippen molar-refractivity contribution in [3.8, 4) is 6.07 Å². The van der Waals surface area contributed by atoms with E-state index in [1.807, 2.05) is 11.8 Å². The number of hydrogen-bond donors (Lipinski definition) is 0. The summed E-state index contributed by atoms with van der Waals surface area (Å²) in [5.41, 5.74) is 0.696. The van der Waals surface area contributed by atoms with Gasteiger partial charge in [0.15, 0.2) is 0 Å². The first-order valence-corrected chi connectivity index (χ1v) is 6.53. The van der Waals surface area contributed by atoms with Crippen molar-refractivity contribution < 1.29 is 4.92 Å². The fourth-order valence-electron chi connectivity index (χ4n) is 2.40. The molecule has 1 aliphatic rings. The average Bonchev–Trinajstić information content (AvgIpc) is 2.46. The van der Waals surface area contributed by atoms with Gasteiger partial charge in [0.2, 0.25) is 5.82 Å². The van der Waals surface area contributed by atoms with Gasteiger partial charge in [-0.05, 0) is 19.9 Å². The number of aryl methyl sites for hydroxylation is 1. The number of hydrogen-bond acceptors (Lipinski definition) is 6. The Morgan fingerprint density at radius 2 is 2.10 bits per heavy atom. The van der Waals surface area contributed by atoms with Gasteiger partial charge < -0.3 is 4.90 Å². The molecule has 1 saturated heterocycles. The molecule has 1 aromatic heterocycles. The third kappa shape index (κ3) is 2.70. The smallest absolute Gasteiger partial charge is 0.314 e. The lowest BCUT2D eigenvalue weighted by molar-refractivity contribution is -0.384. The van der Waals surface area contributed by atoms with Crippen molar-refractivity contribution in [1.29, 1.82) is 5.26 Å². The van der Waals surface area contributed by atoms with Crippen molar-refractivity contribution in [2.75, 3.05) is 31.1 Å². The van der Waals surface area contributed by atoms with Crippen LogP contribution < -0.4 is 4.90 Å². The molecule has 0 aliphatic carbocycles. The van der Waals surface area contributed by atoms with Crippen LogP contribution in [0.4, 0.5) is 11.5 Å². The predicted molar refractivity (Wildman–Crippen MR) is 74.5 cm³/mol. The Kier molecular flexibility index (Phi) is 4.15. The number of piperazine rings is 1. The first-order chi connectivity index (χ1) is 9.54. The molecule has 0 bridgehead atoms. The Balaban J connectivity index is 2.18. The van der Waals surface area contributed by atoms with E-state index in [1.54, 1.807) is 19.2 Å². The summed E-state index contributed by atoms with van der Waals surface area (Å²) >= 11 is 0. The Labute approximate surface area is 117 Å². The van der Waals surface area contributed by atoms with Gasteiger partial charge in [-0.3, -0.25) is 15.0 Å². The van der Waals surface area contributed by atoms with Crippen molar-refractivity contribution in [2.24, 2.45) is 0 Å². The summed E-state index contributed by atoms with van der Waals surface area (Å²) < 4.78 is 0. The van der Waals surface area contributed by atoms with E-state index >= 15 is 0 Å². The van der Waals surface area contributed by atoms with Gasteiger partial charge in [0, 0.05) is 37.9 Å². The highest BCUT2D eigenvalue weighted by Gasteiger charge is 2.27. The summed E-state index contributed by atoms with van der Waals surface area (Å²) in [6.07, 6.45) is 1.60. The number of aromatic nitrogens is 1. The first-order valence-electron chi connectivity index (χ1n) is 6.53. The summed E-state index contributed by atoms with van der Waals surface area (Å²) in [7, 11) is 0. The number of rotatable bonds is 3. The standard InChI is InChI=1S/C13H17N5O2/c1-10-3-4-15-13(12(10)18(19)20)17-7-5-16(6-8-17)11(2)9-14/h3-4,11H,5-8H2,1-2H3. The van der Waals surface area contributed by atoms with E-state index in [0.29, 0.717) is 37.6 Å². The Hall–Kier alpha value is -2.20. The molecule has 0 N–H and O–H groups in total. The Morgan fingerprint density at radius 3 is 2.65 bits per heavy atom. The fourth-order valence-corrected chi connectivity index (χ4v) is 2.40. The molecule has 1 aromatic rings. The molecule has 0 saturated carbocycles. The van der Waals surface area contributed by atoms with Gasteiger partial charge in [-0.15, -0.1) is 0 Å². The van der Waals surface area contributed by atoms with E-state index in [0.717, 1.165) is 0 Å². The zero-order chi connectivity index (χ0) is 14.7. The van der Waals surface area contributed by atoms with Gasteiger partial charge in [-0.25, -0.2) is 4.98 Å². The third-order valence-electron chi connectivity index (χ3n) is 3.64. The summed E-state index contributed by atoms with van der Waals surface area (Å²) in [6, 6.07) is 3.73. The maximum absolute atomic E-state index is 11.2. The highest BCUT2D eigenvalue weighted by Crippen LogP contribution is 2.29. The van der Waals surface area contributed by atoms with Crippen LogP contribution in [-0.4, -0.2) is 47.0 Å². The van der Waals surface area contributed by atoms with Crippen molar-refractivity contribution in [2.45, 2.75) is 19.9 Å². The minimum absolute atomic E-state index is 0.0780. The molecule has 0 aromatic carbocycles. The summed E-state index contributed by atoms with van der Waals surface area (Å²) in [4.78, 5) is 19.0. The van der Waals surface area contributed by atoms with Gasteiger partial charge in [0.05, 0.1) is 17.0 Å². The van der Waals surface area contributed by atoms with E-state index in [4.69, 9.17) is 5.26 Å². The quantitative estimate of drug-likeness (QED) is 0.611. The normalized spacial score (nSPS) is 17.6. The van der Waals surface area contributed by atoms with Crippen molar-refractivity contribution in [3.63, 3.8) is 0 Å². The minimum atomic E-state index is -0.373. The number of pyridine rings is 1. The number of nitriles is 1. The van der Waals surface area contributed by atoms with Crippen molar-refractivity contribution in [1.82, 2.24) is 9.88 Å². The molecule has 106 valence electrons. The molecule has 2 heterocycles. The Morgan fingerprint density at radius 1 is 1.45 bits per heavy atom. The highest BCUT2D eigenvalue weighted by molar-refractivity contribution is 5.61. The second kappa shape index (κ2) is 5.84. The van der Waals surface area contributed by atoms with Crippen LogP contribution in [0.5, 0.6) is 0 Å². The maximum atomic E-state index is 11.2. The van der Waals surface area contributed by atoms with Crippen LogP contribution in [0.25, 0.3) is 0 Å². The second-order valence-corrected chi connectivity index (χ2v) is 4.89. The fraction of sp³-hybridized carbons (Fsp3) is 0.538. The van der Waals surface area contributed by atoms with E-state index in [1.165, 1.54) is 0 Å². The SMILES string of the molecule is Cc1ccnc(N2CCN(C(C)C#N)CC2)c1[N+](=O)[O-]. The first kappa shape index (κ1) is 14.2. The minimum Gasteiger partial charge on any atom is -0.348 e. The largest absolute Gasteiger partial charge is 0.348 e. The van der Waals surface area contributed by atoms with E-state index in [9.17, 15) is 10.1 Å². The predicted octanol–water partition coefficient (Wildman–Crippen LogP) is 1.33. The third-order valence-corrected chi connectivity index (χ3v) is 3.64. The van der Waals surface area contributed by atoms with Gasteiger partial charge in [-0.1, -0.05) is 0 Å². The molecule has 7 heteroatoms. The van der Waals surface area contributed by atoms with Gasteiger partial charge in [0.1, 0.15) is 0 Å². The molecule has 2 rings (SSSR count). The second-order valence-electron chi connectivity index (χ2n) is 4.89. The van der Waals surface area contributed by atoms with Gasteiger partial charge >= 0.3 is 5.69 Å². The number of nitrogens with zero attached hydrogens (tertiary/aromatic N) is 5. The van der Waals surface area contributed by atoms with Crippen molar-refractivity contribution in [3.05, 3.63) is 27.9 Å². The Bertz CT molecular complexity index is 546. The lowest BCUT2D eigenvalue weighted by Crippen LogP contribution is -2.49. The van der Waals surface area contributed by atoms with Crippen LogP contribution in [0.15, 0.2) is 12.3 Å². The maximum Gasteiger partial charge on any atom is 0.314 e. The lowest BCUT2D eigenvalue weighted by Gasteiger charge is -2.36. The molecule has 1 fully saturated rings. The molecule has 0 amide bonds. The molecule has 7 nitrogen and oxygen atoms in total. The molecule has 0 spiro atoms. The lowest BCUT2D eigenvalue weighted by atomic mass is 10.2. The number of anilines is 1. The van der Waals surface area contributed by atoms with Gasteiger partial charge in [-0.2, -0.15) is 5.26 Å². The van der Waals surface area contributed by atoms with Crippen LogP contribution in [0, 0.1) is 28.4 Å². The average molecular weight is 275 g/mol. The zero-order valence-electron chi connectivity index (χ0n) is 11.6. The van der Waals surface area contributed by atoms with Crippen LogP contribution in [-0.2, 0) is 0 Å². The molecule has 1 atom stereocenters. The number of nitro groups is 1. The molecule has 1 unspecified atom stereocenters. The molecular weight excluding hydrogens is 258 g/mol. The molecule has 0 radical (unpaired) electrons.